The summed E-state index contributed by atoms with van der Waals surface area (Å²) in [7, 11) is 1.45. The Hall–Kier alpha value is -2.35. The summed E-state index contributed by atoms with van der Waals surface area (Å²) in [5.74, 6) is -2.26. The van der Waals surface area contributed by atoms with Crippen molar-refractivity contribution in [3.63, 3.8) is 0 Å². The van der Waals surface area contributed by atoms with Crippen LogP contribution in [-0.2, 0) is 11.3 Å². The topological polar surface area (TPSA) is 115 Å². The number of methoxy groups -OCH3 is 1. The van der Waals surface area contributed by atoms with Gasteiger partial charge in [-0.05, 0) is 13.8 Å². The molecule has 0 aromatic carbocycles. The molecule has 21 heavy (non-hydrogen) atoms. The number of primary amides is 1. The fourth-order valence-electron chi connectivity index (χ4n) is 2.46. The fourth-order valence-corrected chi connectivity index (χ4v) is 2.46. The summed E-state index contributed by atoms with van der Waals surface area (Å²) in [5.41, 5.74) is 3.64. The van der Waals surface area contributed by atoms with Crippen LogP contribution in [0.3, 0.4) is 0 Å². The van der Waals surface area contributed by atoms with Crippen molar-refractivity contribution in [1.29, 1.82) is 0 Å². The quantitative estimate of drug-likeness (QED) is 0.779. The smallest absolute Gasteiger partial charge is 0.276 e. The number of nitrogens with zero attached hydrogens (tertiary/aromatic N) is 2. The molecule has 1 aromatic heterocycles. The number of pyridine rings is 1. The summed E-state index contributed by atoms with van der Waals surface area (Å²) >= 11 is 0. The highest BCUT2D eigenvalue weighted by molar-refractivity contribution is 5.98. The highest BCUT2D eigenvalue weighted by Gasteiger charge is 2.37. The molecule has 0 aliphatic carbocycles. The number of carbonyl (C=O) groups is 2. The van der Waals surface area contributed by atoms with Crippen LogP contribution in [0.15, 0.2) is 11.0 Å². The number of ether oxygens (including phenoxy) is 1. The van der Waals surface area contributed by atoms with Gasteiger partial charge in [0.2, 0.25) is 5.43 Å². The summed E-state index contributed by atoms with van der Waals surface area (Å²) in [6.07, 6.45) is 0.619. The lowest BCUT2D eigenvalue weighted by molar-refractivity contribution is -0.0513. The van der Waals surface area contributed by atoms with Gasteiger partial charge in [-0.15, -0.1) is 0 Å². The molecule has 0 saturated carbocycles. The number of aromatic hydroxyl groups is 1. The Morgan fingerprint density at radius 1 is 1.48 bits per heavy atom. The van der Waals surface area contributed by atoms with E-state index >= 15 is 0 Å². The Kier molecular flexibility index (Phi) is 3.73. The molecule has 2 amide bonds. The molecule has 3 N–H and O–H groups in total. The molecule has 0 spiro atoms. The van der Waals surface area contributed by atoms with Gasteiger partial charge in [0.05, 0.1) is 6.54 Å². The second-order valence-electron chi connectivity index (χ2n) is 5.08. The van der Waals surface area contributed by atoms with Gasteiger partial charge in [0.1, 0.15) is 5.56 Å². The van der Waals surface area contributed by atoms with Gasteiger partial charge in [0.25, 0.3) is 11.8 Å². The number of aromatic nitrogens is 1. The van der Waals surface area contributed by atoms with Crippen molar-refractivity contribution in [1.82, 2.24) is 9.47 Å². The maximum absolute atomic E-state index is 12.5. The van der Waals surface area contributed by atoms with Crippen LogP contribution in [0.25, 0.3) is 0 Å². The number of carbonyl (C=O) groups excluding carboxylic acids is 2. The number of fused-ring (bicyclic) bond motifs is 1. The second kappa shape index (κ2) is 5.21. The van der Waals surface area contributed by atoms with Gasteiger partial charge >= 0.3 is 0 Å². The Morgan fingerprint density at radius 2 is 2.10 bits per heavy atom. The summed E-state index contributed by atoms with van der Waals surface area (Å²) < 4.78 is 6.60. The van der Waals surface area contributed by atoms with Gasteiger partial charge < -0.3 is 25.0 Å². The minimum absolute atomic E-state index is 0.160. The molecule has 0 bridgehead atoms. The zero-order valence-electron chi connectivity index (χ0n) is 12.0. The van der Waals surface area contributed by atoms with Crippen molar-refractivity contribution in [3.05, 3.63) is 27.7 Å². The van der Waals surface area contributed by atoms with E-state index in [9.17, 15) is 19.5 Å². The predicted octanol–water partition coefficient (Wildman–Crippen LogP) is -0.510. The van der Waals surface area contributed by atoms with E-state index in [-0.39, 0.29) is 23.8 Å². The molecule has 2 rings (SSSR count). The average molecular weight is 295 g/mol. The van der Waals surface area contributed by atoms with E-state index in [1.807, 2.05) is 0 Å². The standard InChI is InChI=1S/C13H17N3O5/c1-6(2)16-8(21-3)5-15-4-7(12(14)19)10(17)11(18)9(15)13(16)20/h4,6,8,18H,5H2,1-3H3,(H2,14,19)/t8-/m0/s1. The molecule has 114 valence electrons. The molecule has 1 aliphatic rings. The van der Waals surface area contributed by atoms with Crippen LogP contribution in [0, 0.1) is 0 Å². The molecule has 1 aromatic rings. The first kappa shape index (κ1) is 15.0. The van der Waals surface area contributed by atoms with Crippen LogP contribution in [0.2, 0.25) is 0 Å². The van der Waals surface area contributed by atoms with Crippen LogP contribution in [0.1, 0.15) is 34.7 Å². The van der Waals surface area contributed by atoms with Crippen LogP contribution in [0.4, 0.5) is 0 Å². The first-order valence-electron chi connectivity index (χ1n) is 6.41. The van der Waals surface area contributed by atoms with Crippen LogP contribution < -0.4 is 11.2 Å². The largest absolute Gasteiger partial charge is 0.503 e. The number of amides is 2. The minimum atomic E-state index is -0.960. The van der Waals surface area contributed by atoms with E-state index in [0.717, 1.165) is 0 Å². The predicted molar refractivity (Wildman–Crippen MR) is 73.0 cm³/mol. The zero-order chi connectivity index (χ0) is 15.9. The van der Waals surface area contributed by atoms with Gasteiger partial charge in [-0.1, -0.05) is 0 Å². The first-order chi connectivity index (χ1) is 9.79. The molecular formula is C13H17N3O5. The van der Waals surface area contributed by atoms with Gasteiger partial charge in [0.15, 0.2) is 17.7 Å². The van der Waals surface area contributed by atoms with E-state index in [2.05, 4.69) is 0 Å². The number of rotatable bonds is 3. The van der Waals surface area contributed by atoms with Crippen molar-refractivity contribution in [2.75, 3.05) is 7.11 Å². The molecule has 0 radical (unpaired) electrons. The van der Waals surface area contributed by atoms with Crippen LogP contribution in [0.5, 0.6) is 5.75 Å². The lowest BCUT2D eigenvalue weighted by atomic mass is 10.1. The maximum Gasteiger partial charge on any atom is 0.276 e. The van der Waals surface area contributed by atoms with Crippen molar-refractivity contribution in [3.8, 4) is 5.75 Å². The third kappa shape index (κ3) is 2.27. The van der Waals surface area contributed by atoms with E-state index in [4.69, 9.17) is 10.5 Å². The summed E-state index contributed by atoms with van der Waals surface area (Å²) in [6.45, 7) is 3.78. The molecule has 0 saturated heterocycles. The maximum atomic E-state index is 12.5. The summed E-state index contributed by atoms with van der Waals surface area (Å²) in [4.78, 5) is 37.0. The van der Waals surface area contributed by atoms with E-state index in [1.54, 1.807) is 13.8 Å². The SMILES string of the molecule is CO[C@H]1Cn2cc(C(N)=O)c(=O)c(O)c2C(=O)N1C(C)C. The Labute approximate surface area is 120 Å². The number of nitrogens with two attached hydrogens (primary N) is 1. The van der Waals surface area contributed by atoms with Gasteiger partial charge in [-0.2, -0.15) is 0 Å². The van der Waals surface area contributed by atoms with E-state index in [1.165, 1.54) is 22.8 Å². The Balaban J connectivity index is 2.68. The molecule has 8 nitrogen and oxygen atoms in total. The number of hydrogen-bond acceptors (Lipinski definition) is 5. The first-order valence-corrected chi connectivity index (χ1v) is 6.41. The van der Waals surface area contributed by atoms with Crippen molar-refractivity contribution >= 4 is 11.8 Å². The second-order valence-corrected chi connectivity index (χ2v) is 5.08. The summed E-state index contributed by atoms with van der Waals surface area (Å²) in [5, 5.41) is 9.97. The normalized spacial score (nSPS) is 18.0. The van der Waals surface area contributed by atoms with Gasteiger partial charge in [0, 0.05) is 19.3 Å². The zero-order valence-corrected chi connectivity index (χ0v) is 12.0. The van der Waals surface area contributed by atoms with Crippen LogP contribution in [-0.4, -0.2) is 45.8 Å². The minimum Gasteiger partial charge on any atom is -0.503 e. The van der Waals surface area contributed by atoms with Crippen LogP contribution >= 0.6 is 0 Å². The highest BCUT2D eigenvalue weighted by Crippen LogP contribution is 2.25. The number of hydrogen-bond donors (Lipinski definition) is 2. The van der Waals surface area contributed by atoms with E-state index in [0.29, 0.717) is 0 Å². The Bertz CT molecular complexity index is 665. The lowest BCUT2D eigenvalue weighted by Gasteiger charge is -2.39. The van der Waals surface area contributed by atoms with Crippen molar-refractivity contribution in [2.45, 2.75) is 32.7 Å². The highest BCUT2D eigenvalue weighted by atomic mass is 16.5. The van der Waals surface area contributed by atoms with E-state index < -0.39 is 29.2 Å². The third-order valence-electron chi connectivity index (χ3n) is 3.45. The molecular weight excluding hydrogens is 278 g/mol. The summed E-state index contributed by atoms with van der Waals surface area (Å²) in [6, 6.07) is -0.179. The molecule has 0 unspecified atom stereocenters. The van der Waals surface area contributed by atoms with Gasteiger partial charge in [-0.25, -0.2) is 0 Å². The lowest BCUT2D eigenvalue weighted by Crippen LogP contribution is -2.53. The monoisotopic (exact) mass is 295 g/mol. The average Bonchev–Trinajstić information content (AvgIpc) is 2.40. The molecule has 1 aliphatic heterocycles. The fraction of sp³-hybridized carbons (Fsp3) is 0.462. The third-order valence-corrected chi connectivity index (χ3v) is 3.45. The molecule has 2 heterocycles. The molecule has 0 fully saturated rings. The molecule has 8 heteroatoms. The Morgan fingerprint density at radius 3 is 2.57 bits per heavy atom. The van der Waals surface area contributed by atoms with Crippen molar-refractivity contribution in [2.24, 2.45) is 5.73 Å². The van der Waals surface area contributed by atoms with Crippen molar-refractivity contribution < 1.29 is 19.4 Å². The molecule has 1 atom stereocenters. The van der Waals surface area contributed by atoms with Gasteiger partial charge in [-0.3, -0.25) is 14.4 Å².